The number of benzene rings is 10. The summed E-state index contributed by atoms with van der Waals surface area (Å²) in [5.74, 6) is 0. The van der Waals surface area contributed by atoms with Crippen LogP contribution in [0.3, 0.4) is 0 Å². The van der Waals surface area contributed by atoms with Gasteiger partial charge in [0.15, 0.2) is 5.58 Å². The lowest BCUT2D eigenvalue weighted by molar-refractivity contribution is 0.666. The minimum atomic E-state index is 0.872. The quantitative estimate of drug-likeness (QED) is 0.164. The number of rotatable bonds is 6. The first kappa shape index (κ1) is 35.4. The van der Waals surface area contributed by atoms with Crippen LogP contribution in [-0.4, -0.2) is 9.13 Å². The summed E-state index contributed by atoms with van der Waals surface area (Å²) in [6.45, 7) is 0. The molecule has 3 aromatic heterocycles. The third-order valence-electron chi connectivity index (χ3n) is 12.9. The van der Waals surface area contributed by atoms with Crippen molar-refractivity contribution in [2.75, 3.05) is 0 Å². The molecular weight excluding hydrogens is 765 g/mol. The molecule has 0 aliphatic carbocycles. The van der Waals surface area contributed by atoms with Crippen molar-refractivity contribution in [3.8, 4) is 55.9 Å². The molecular formula is C60H38N2O. The molecule has 13 rings (SSSR count). The van der Waals surface area contributed by atoms with Gasteiger partial charge in [0.25, 0.3) is 0 Å². The van der Waals surface area contributed by atoms with Gasteiger partial charge in [-0.2, -0.15) is 0 Å². The van der Waals surface area contributed by atoms with Crippen LogP contribution in [0, 0.1) is 0 Å². The lowest BCUT2D eigenvalue weighted by atomic mass is 9.91. The van der Waals surface area contributed by atoms with Crippen molar-refractivity contribution in [1.29, 1.82) is 0 Å². The monoisotopic (exact) mass is 802 g/mol. The fourth-order valence-electron chi connectivity index (χ4n) is 10.2. The van der Waals surface area contributed by atoms with Crippen molar-refractivity contribution in [3.05, 3.63) is 231 Å². The molecule has 0 aliphatic rings. The Balaban J connectivity index is 1.02. The Hall–Kier alpha value is -8.40. The first-order valence-corrected chi connectivity index (χ1v) is 21.6. The van der Waals surface area contributed by atoms with Gasteiger partial charge in [-0.05, 0) is 99.1 Å². The average Bonchev–Trinajstić information content (AvgIpc) is 4.03. The van der Waals surface area contributed by atoms with Gasteiger partial charge in [-0.25, -0.2) is 0 Å². The third kappa shape index (κ3) is 5.46. The van der Waals surface area contributed by atoms with Crippen molar-refractivity contribution >= 4 is 65.6 Å². The summed E-state index contributed by atoms with van der Waals surface area (Å²) < 4.78 is 11.8. The third-order valence-corrected chi connectivity index (χ3v) is 12.9. The van der Waals surface area contributed by atoms with E-state index in [-0.39, 0.29) is 0 Å². The Kier molecular flexibility index (Phi) is 7.91. The normalized spacial score (nSPS) is 11.8. The van der Waals surface area contributed by atoms with E-state index in [1.165, 1.54) is 71.5 Å². The van der Waals surface area contributed by atoms with Gasteiger partial charge in [0, 0.05) is 38.0 Å². The molecule has 0 saturated heterocycles. The second kappa shape index (κ2) is 14.1. The summed E-state index contributed by atoms with van der Waals surface area (Å²) in [6, 6.07) is 83.2. The van der Waals surface area contributed by atoms with E-state index in [1.807, 2.05) is 0 Å². The number of nitrogens with zero attached hydrogens (tertiary/aromatic N) is 2. The van der Waals surface area contributed by atoms with Crippen molar-refractivity contribution in [3.63, 3.8) is 0 Å². The van der Waals surface area contributed by atoms with Crippen LogP contribution in [0.2, 0.25) is 0 Å². The molecule has 0 radical (unpaired) electrons. The Morgan fingerprint density at radius 2 is 0.889 bits per heavy atom. The molecule has 3 heterocycles. The molecule has 63 heavy (non-hydrogen) atoms. The van der Waals surface area contributed by atoms with Gasteiger partial charge in [-0.1, -0.05) is 176 Å². The van der Waals surface area contributed by atoms with E-state index in [0.29, 0.717) is 0 Å². The maximum atomic E-state index is 6.94. The largest absolute Gasteiger partial charge is 0.454 e. The van der Waals surface area contributed by atoms with Crippen molar-refractivity contribution in [2.24, 2.45) is 0 Å². The number of para-hydroxylation sites is 3. The van der Waals surface area contributed by atoms with Gasteiger partial charge in [-0.3, -0.25) is 0 Å². The number of aromatic nitrogens is 2. The fraction of sp³-hybridized carbons (Fsp3) is 0. The maximum Gasteiger partial charge on any atom is 0.160 e. The summed E-state index contributed by atoms with van der Waals surface area (Å²) in [6.07, 6.45) is 0. The minimum Gasteiger partial charge on any atom is -0.454 e. The highest BCUT2D eigenvalue weighted by molar-refractivity contribution is 6.19. The standard InChI is InChI=1S/C60H38N2O/c1-3-17-39(18-4-1)41-21-15-22-43(37-41)61-53-30-13-10-26-49(53)58-45(28-16-31-55(58)61)42-33-35-54-51(38-42)47-25-9-12-29-52(47)62(54)56-36-34-48(59-50-27-11-14-32-57(50)63-60(56)59)46-24-8-7-23-44(46)40-19-5-2-6-20-40/h1-38H. The second-order valence-corrected chi connectivity index (χ2v) is 16.4. The van der Waals surface area contributed by atoms with Crippen LogP contribution in [0.15, 0.2) is 235 Å². The molecule has 10 aromatic carbocycles. The van der Waals surface area contributed by atoms with Crippen LogP contribution in [-0.2, 0) is 0 Å². The van der Waals surface area contributed by atoms with E-state index in [1.54, 1.807) is 0 Å². The van der Waals surface area contributed by atoms with Crippen molar-refractivity contribution in [2.45, 2.75) is 0 Å². The molecule has 0 spiro atoms. The molecule has 3 heteroatoms. The fourth-order valence-corrected chi connectivity index (χ4v) is 10.2. The summed E-state index contributed by atoms with van der Waals surface area (Å²) in [4.78, 5) is 0. The second-order valence-electron chi connectivity index (χ2n) is 16.4. The smallest absolute Gasteiger partial charge is 0.160 e. The van der Waals surface area contributed by atoms with Gasteiger partial charge in [0.1, 0.15) is 5.58 Å². The highest BCUT2D eigenvalue weighted by Gasteiger charge is 2.23. The minimum absolute atomic E-state index is 0.872. The zero-order chi connectivity index (χ0) is 41.4. The molecule has 0 atom stereocenters. The molecule has 0 N–H and O–H groups in total. The molecule has 0 saturated carbocycles. The maximum absolute atomic E-state index is 6.94. The first-order chi connectivity index (χ1) is 31.3. The molecule has 13 aromatic rings. The van der Waals surface area contributed by atoms with E-state index < -0.39 is 0 Å². The topological polar surface area (TPSA) is 23.0 Å². The molecule has 3 nitrogen and oxygen atoms in total. The van der Waals surface area contributed by atoms with E-state index in [0.717, 1.165) is 49.9 Å². The number of hydrogen-bond acceptors (Lipinski definition) is 1. The first-order valence-electron chi connectivity index (χ1n) is 21.6. The molecule has 0 aliphatic heterocycles. The number of furan rings is 1. The Bertz CT molecular complexity index is 3900. The lowest BCUT2D eigenvalue weighted by Gasteiger charge is -2.14. The highest BCUT2D eigenvalue weighted by Crippen LogP contribution is 2.46. The van der Waals surface area contributed by atoms with Crippen molar-refractivity contribution < 1.29 is 4.42 Å². The van der Waals surface area contributed by atoms with Crippen LogP contribution in [0.5, 0.6) is 0 Å². The van der Waals surface area contributed by atoms with E-state index >= 15 is 0 Å². The zero-order valence-corrected chi connectivity index (χ0v) is 34.2. The summed E-state index contributed by atoms with van der Waals surface area (Å²) in [7, 11) is 0. The van der Waals surface area contributed by atoms with Crippen LogP contribution < -0.4 is 0 Å². The molecule has 0 bridgehead atoms. The van der Waals surface area contributed by atoms with Crippen molar-refractivity contribution in [1.82, 2.24) is 9.13 Å². The highest BCUT2D eigenvalue weighted by atomic mass is 16.3. The summed E-state index contributed by atoms with van der Waals surface area (Å²) in [5, 5.41) is 7.10. The molecule has 294 valence electrons. The average molecular weight is 803 g/mol. The Morgan fingerprint density at radius 1 is 0.286 bits per heavy atom. The molecule has 0 unspecified atom stereocenters. The predicted molar refractivity (Wildman–Crippen MR) is 264 cm³/mol. The van der Waals surface area contributed by atoms with Gasteiger partial charge in [0.2, 0.25) is 0 Å². The molecule has 0 fully saturated rings. The SMILES string of the molecule is c1ccc(-c2cccc(-n3c4ccccc4c4c(-c5ccc6c(c5)c5ccccc5n6-c5ccc(-c6ccccc6-c6ccccc6)c6c5oc5ccccc56)cccc43)c2)cc1. The van der Waals surface area contributed by atoms with Gasteiger partial charge >= 0.3 is 0 Å². The van der Waals surface area contributed by atoms with Gasteiger partial charge < -0.3 is 13.6 Å². The number of hydrogen-bond donors (Lipinski definition) is 0. The Labute approximate surface area is 363 Å². The summed E-state index contributed by atoms with van der Waals surface area (Å²) in [5.41, 5.74) is 18.1. The predicted octanol–water partition coefficient (Wildman–Crippen LogP) is 16.4. The molecule has 0 amide bonds. The van der Waals surface area contributed by atoms with E-state index in [4.69, 9.17) is 4.42 Å². The van der Waals surface area contributed by atoms with Gasteiger partial charge in [-0.15, -0.1) is 0 Å². The van der Waals surface area contributed by atoms with Crippen LogP contribution in [0.4, 0.5) is 0 Å². The lowest BCUT2D eigenvalue weighted by Crippen LogP contribution is -1.96. The van der Waals surface area contributed by atoms with Crippen LogP contribution >= 0.6 is 0 Å². The van der Waals surface area contributed by atoms with Gasteiger partial charge in [0.05, 0.1) is 27.8 Å². The number of fused-ring (bicyclic) bond motifs is 9. The summed E-state index contributed by atoms with van der Waals surface area (Å²) >= 11 is 0. The van der Waals surface area contributed by atoms with Crippen LogP contribution in [0.1, 0.15) is 0 Å². The van der Waals surface area contributed by atoms with Crippen LogP contribution in [0.25, 0.3) is 121 Å². The zero-order valence-electron chi connectivity index (χ0n) is 34.2. The Morgan fingerprint density at radius 3 is 1.71 bits per heavy atom. The van der Waals surface area contributed by atoms with E-state index in [9.17, 15) is 0 Å². The van der Waals surface area contributed by atoms with E-state index in [2.05, 4.69) is 240 Å².